The number of hydrogen-bond donors (Lipinski definition) is 3. The van der Waals surface area contributed by atoms with Crippen LogP contribution < -0.4 is 10.6 Å². The summed E-state index contributed by atoms with van der Waals surface area (Å²) in [5.41, 5.74) is 0.370. The highest BCUT2D eigenvalue weighted by Crippen LogP contribution is 2.21. The van der Waals surface area contributed by atoms with Gasteiger partial charge in [-0.15, -0.1) is 0 Å². The van der Waals surface area contributed by atoms with Crippen molar-refractivity contribution in [3.8, 4) is 0 Å². The monoisotopic (exact) mass is 382 g/mol. The van der Waals surface area contributed by atoms with E-state index in [1.807, 2.05) is 24.3 Å². The van der Waals surface area contributed by atoms with Gasteiger partial charge in [-0.25, -0.2) is 4.79 Å². The van der Waals surface area contributed by atoms with E-state index in [4.69, 9.17) is 5.11 Å². The minimum absolute atomic E-state index is 0.143. The maximum atomic E-state index is 12.3. The average molecular weight is 382 g/mol. The van der Waals surface area contributed by atoms with Crippen molar-refractivity contribution < 1.29 is 32.7 Å². The van der Waals surface area contributed by atoms with Crippen molar-refractivity contribution in [1.29, 1.82) is 0 Å². The molecule has 0 aliphatic rings. The Morgan fingerprint density at radius 2 is 1.70 bits per heavy atom. The van der Waals surface area contributed by atoms with Gasteiger partial charge in [0.1, 0.15) is 6.04 Å². The van der Waals surface area contributed by atoms with E-state index < -0.39 is 36.4 Å². The lowest BCUT2D eigenvalue weighted by atomic mass is 10.1. The van der Waals surface area contributed by atoms with E-state index in [9.17, 15) is 27.6 Å². The van der Waals surface area contributed by atoms with Gasteiger partial charge in [-0.1, -0.05) is 30.3 Å². The van der Waals surface area contributed by atoms with Gasteiger partial charge in [0.15, 0.2) is 0 Å². The third-order valence-electron chi connectivity index (χ3n) is 3.72. The number of halogens is 3. The molecule has 144 valence electrons. The number of amides is 2. The van der Waals surface area contributed by atoms with Crippen LogP contribution in [0.4, 0.5) is 13.2 Å². The van der Waals surface area contributed by atoms with Gasteiger partial charge in [0.25, 0.3) is 5.91 Å². The van der Waals surface area contributed by atoms with Gasteiger partial charge in [0.2, 0.25) is 5.91 Å². The Balaban J connectivity index is 1.85. The third kappa shape index (κ3) is 6.28. The van der Waals surface area contributed by atoms with Crippen LogP contribution in [0.5, 0.6) is 0 Å². The summed E-state index contributed by atoms with van der Waals surface area (Å²) in [6.45, 7) is -0.143. The molecule has 0 radical (unpaired) electrons. The number of aliphatic carboxylic acids is 1. The van der Waals surface area contributed by atoms with Crippen LogP contribution in [-0.4, -0.2) is 41.7 Å². The van der Waals surface area contributed by atoms with Gasteiger partial charge >= 0.3 is 12.1 Å². The van der Waals surface area contributed by atoms with Crippen LogP contribution in [0, 0.1) is 0 Å². The van der Waals surface area contributed by atoms with E-state index in [-0.39, 0.29) is 13.0 Å². The Morgan fingerprint density at radius 3 is 2.33 bits per heavy atom. The Morgan fingerprint density at radius 1 is 1.04 bits per heavy atom. The van der Waals surface area contributed by atoms with E-state index in [2.05, 4.69) is 5.32 Å². The second-order valence-corrected chi connectivity index (χ2v) is 5.85. The molecule has 1 atom stereocenters. The van der Waals surface area contributed by atoms with Crippen LogP contribution in [0.2, 0.25) is 0 Å². The molecule has 0 bridgehead atoms. The van der Waals surface area contributed by atoms with Crippen molar-refractivity contribution in [3.63, 3.8) is 0 Å². The zero-order valence-electron chi connectivity index (χ0n) is 14.0. The Kier molecular flexibility index (Phi) is 6.38. The summed E-state index contributed by atoms with van der Waals surface area (Å²) in [7, 11) is 0. The van der Waals surface area contributed by atoms with E-state index in [0.29, 0.717) is 5.56 Å². The lowest BCUT2D eigenvalue weighted by molar-refractivity contribution is -0.159. The van der Waals surface area contributed by atoms with Crippen molar-refractivity contribution in [2.75, 3.05) is 6.54 Å². The third-order valence-corrected chi connectivity index (χ3v) is 3.72. The number of carbonyl (C=O) groups is 3. The summed E-state index contributed by atoms with van der Waals surface area (Å²) >= 11 is 0. The Labute approximate surface area is 152 Å². The highest BCUT2D eigenvalue weighted by molar-refractivity contribution is 5.98. The van der Waals surface area contributed by atoms with Gasteiger partial charge in [0.05, 0.1) is 6.42 Å². The maximum absolute atomic E-state index is 12.3. The van der Waals surface area contributed by atoms with Crippen LogP contribution >= 0.6 is 0 Å². The lowest BCUT2D eigenvalue weighted by Crippen LogP contribution is -2.44. The van der Waals surface area contributed by atoms with Crippen molar-refractivity contribution in [2.45, 2.75) is 25.1 Å². The number of benzene rings is 2. The summed E-state index contributed by atoms with van der Waals surface area (Å²) in [5.74, 6) is -3.12. The lowest BCUT2D eigenvalue weighted by Gasteiger charge is -2.16. The van der Waals surface area contributed by atoms with Crippen molar-refractivity contribution in [3.05, 3.63) is 48.0 Å². The minimum Gasteiger partial charge on any atom is -0.480 e. The molecule has 6 nitrogen and oxygen atoms in total. The molecule has 2 amide bonds. The van der Waals surface area contributed by atoms with E-state index in [0.717, 1.165) is 10.8 Å². The van der Waals surface area contributed by atoms with Crippen LogP contribution in [0.15, 0.2) is 42.5 Å². The fourth-order valence-electron chi connectivity index (χ4n) is 2.42. The zero-order valence-corrected chi connectivity index (χ0v) is 14.0. The topological polar surface area (TPSA) is 95.5 Å². The first kappa shape index (κ1) is 20.2. The molecule has 0 saturated heterocycles. The second-order valence-electron chi connectivity index (χ2n) is 5.85. The standard InChI is InChI=1S/C18H17F3N2O4/c19-18(20,21)10-14(17(26)27)23-15(24)7-8-22-16(25)13-6-5-11-3-1-2-4-12(11)9-13/h1-6,9,14H,7-8,10H2,(H,22,25)(H,23,24)(H,26,27). The molecule has 1 unspecified atom stereocenters. The van der Waals surface area contributed by atoms with Crippen LogP contribution in [-0.2, 0) is 9.59 Å². The quantitative estimate of drug-likeness (QED) is 0.686. The van der Waals surface area contributed by atoms with Gasteiger partial charge < -0.3 is 15.7 Å². The highest BCUT2D eigenvalue weighted by Gasteiger charge is 2.36. The Hall–Kier alpha value is -3.10. The van der Waals surface area contributed by atoms with Gasteiger partial charge in [0, 0.05) is 18.5 Å². The zero-order chi connectivity index (χ0) is 20.0. The largest absolute Gasteiger partial charge is 0.480 e. The van der Waals surface area contributed by atoms with Crippen LogP contribution in [0.25, 0.3) is 10.8 Å². The molecule has 2 aromatic rings. The molecule has 2 aromatic carbocycles. The molecule has 0 heterocycles. The van der Waals surface area contributed by atoms with Gasteiger partial charge in [-0.2, -0.15) is 13.2 Å². The first-order chi connectivity index (χ1) is 12.7. The highest BCUT2D eigenvalue weighted by atomic mass is 19.4. The fourth-order valence-corrected chi connectivity index (χ4v) is 2.42. The summed E-state index contributed by atoms with van der Waals surface area (Å²) in [6, 6.07) is 10.4. The van der Waals surface area contributed by atoms with E-state index in [1.54, 1.807) is 23.5 Å². The number of alkyl halides is 3. The molecule has 0 aliphatic carbocycles. The van der Waals surface area contributed by atoms with Crippen molar-refractivity contribution in [2.24, 2.45) is 0 Å². The molecule has 3 N–H and O–H groups in total. The molecule has 0 aromatic heterocycles. The molecular formula is C18H17F3N2O4. The molecule has 0 fully saturated rings. The molecule has 9 heteroatoms. The summed E-state index contributed by atoms with van der Waals surface area (Å²) in [4.78, 5) is 34.5. The summed E-state index contributed by atoms with van der Waals surface area (Å²) in [5, 5.41) is 14.8. The predicted octanol–water partition coefficient (Wildman–Crippen LogP) is 2.48. The number of hydrogen-bond acceptors (Lipinski definition) is 3. The Bertz CT molecular complexity index is 852. The summed E-state index contributed by atoms with van der Waals surface area (Å²) in [6.07, 6.45) is -6.74. The molecule has 2 rings (SSSR count). The number of rotatable bonds is 7. The molecule has 0 spiro atoms. The second kappa shape index (κ2) is 8.52. The molecule has 0 aliphatic heterocycles. The van der Waals surface area contributed by atoms with Crippen LogP contribution in [0.3, 0.4) is 0 Å². The van der Waals surface area contributed by atoms with Gasteiger partial charge in [-0.05, 0) is 22.9 Å². The number of nitrogens with one attached hydrogen (secondary N) is 2. The van der Waals surface area contributed by atoms with Gasteiger partial charge in [-0.3, -0.25) is 9.59 Å². The van der Waals surface area contributed by atoms with E-state index in [1.165, 1.54) is 0 Å². The van der Waals surface area contributed by atoms with Crippen LogP contribution in [0.1, 0.15) is 23.2 Å². The summed E-state index contributed by atoms with van der Waals surface area (Å²) < 4.78 is 36.9. The maximum Gasteiger partial charge on any atom is 0.391 e. The molecular weight excluding hydrogens is 365 g/mol. The first-order valence-electron chi connectivity index (χ1n) is 8.01. The number of carbonyl (C=O) groups excluding carboxylic acids is 2. The fraction of sp³-hybridized carbons (Fsp3) is 0.278. The van der Waals surface area contributed by atoms with Crippen molar-refractivity contribution in [1.82, 2.24) is 10.6 Å². The number of carboxylic acids is 1. The average Bonchev–Trinajstić information content (AvgIpc) is 2.59. The molecule has 0 saturated carbocycles. The minimum atomic E-state index is -4.72. The predicted molar refractivity (Wildman–Crippen MR) is 91.1 cm³/mol. The smallest absolute Gasteiger partial charge is 0.391 e. The van der Waals surface area contributed by atoms with E-state index >= 15 is 0 Å². The normalized spacial score (nSPS) is 12.4. The molecule has 27 heavy (non-hydrogen) atoms. The number of fused-ring (bicyclic) bond motifs is 1. The number of carboxylic acid groups (broad SMARTS) is 1. The first-order valence-corrected chi connectivity index (χ1v) is 8.01. The van der Waals surface area contributed by atoms with Crippen molar-refractivity contribution >= 4 is 28.6 Å². The SMILES string of the molecule is O=C(CCNC(=O)c1ccc2ccccc2c1)NC(CC(F)(F)F)C(=O)O.